The number of aromatic hydroxyl groups is 1. The van der Waals surface area contributed by atoms with Gasteiger partial charge in [0.1, 0.15) is 5.75 Å². The first-order valence-electron chi connectivity index (χ1n) is 7.23. The van der Waals surface area contributed by atoms with Crippen molar-refractivity contribution in [3.8, 4) is 5.75 Å². The van der Waals surface area contributed by atoms with E-state index in [-0.39, 0.29) is 5.91 Å². The number of amides is 1. The first-order chi connectivity index (χ1) is 10.0. The summed E-state index contributed by atoms with van der Waals surface area (Å²) in [6.45, 7) is 4.06. The monoisotopic (exact) mass is 281 g/mol. The fourth-order valence-corrected chi connectivity index (χ4v) is 3.00. The van der Waals surface area contributed by atoms with Crippen LogP contribution < -0.4 is 5.32 Å². The molecule has 3 rings (SSSR count). The first-order valence-corrected chi connectivity index (χ1v) is 7.23. The predicted octanol–water partition coefficient (Wildman–Crippen LogP) is 3.48. The summed E-state index contributed by atoms with van der Waals surface area (Å²) in [6, 6.07) is 9.85. The van der Waals surface area contributed by atoms with Gasteiger partial charge in [-0.25, -0.2) is 0 Å². The molecule has 0 unspecified atom stereocenters. The lowest BCUT2D eigenvalue weighted by Crippen LogP contribution is -2.19. The molecule has 108 valence electrons. The van der Waals surface area contributed by atoms with E-state index >= 15 is 0 Å². The Balaban J connectivity index is 1.91. The van der Waals surface area contributed by atoms with Gasteiger partial charge in [-0.2, -0.15) is 0 Å². The lowest BCUT2D eigenvalue weighted by molar-refractivity contribution is -0.116. The third-order valence-corrected chi connectivity index (χ3v) is 4.13. The van der Waals surface area contributed by atoms with Crippen LogP contribution in [0.3, 0.4) is 0 Å². The zero-order valence-corrected chi connectivity index (χ0v) is 12.4. The highest BCUT2D eigenvalue weighted by Crippen LogP contribution is 2.27. The van der Waals surface area contributed by atoms with E-state index in [0.717, 1.165) is 29.7 Å². The summed E-state index contributed by atoms with van der Waals surface area (Å²) in [5.74, 6) is 0.419. The minimum Gasteiger partial charge on any atom is -0.508 e. The molecule has 3 heteroatoms. The summed E-state index contributed by atoms with van der Waals surface area (Å²) in [7, 11) is 0. The van der Waals surface area contributed by atoms with Gasteiger partial charge in [-0.05, 0) is 72.7 Å². The van der Waals surface area contributed by atoms with Crippen molar-refractivity contribution in [1.29, 1.82) is 0 Å². The van der Waals surface area contributed by atoms with Crippen LogP contribution in [0.5, 0.6) is 5.75 Å². The minimum atomic E-state index is 0.0977. The van der Waals surface area contributed by atoms with Crippen molar-refractivity contribution in [1.82, 2.24) is 0 Å². The first kappa shape index (κ1) is 13.7. The number of anilines is 1. The molecule has 0 aromatic heterocycles. The number of phenolic OH excluding ortho intramolecular Hbond substituents is 1. The van der Waals surface area contributed by atoms with Crippen LogP contribution in [0.15, 0.2) is 30.3 Å². The molecule has 0 bridgehead atoms. The van der Waals surface area contributed by atoms with Crippen LogP contribution in [0.4, 0.5) is 5.69 Å². The molecule has 0 aliphatic carbocycles. The Kier molecular flexibility index (Phi) is 3.42. The molecular formula is C18H19NO2. The van der Waals surface area contributed by atoms with E-state index in [9.17, 15) is 9.90 Å². The van der Waals surface area contributed by atoms with E-state index in [4.69, 9.17) is 0 Å². The van der Waals surface area contributed by atoms with E-state index in [1.54, 1.807) is 12.1 Å². The Hall–Kier alpha value is -2.29. The lowest BCUT2D eigenvalue weighted by Gasteiger charge is -2.18. The molecule has 2 aromatic rings. The fourth-order valence-electron chi connectivity index (χ4n) is 3.00. The minimum absolute atomic E-state index is 0.0977. The molecule has 21 heavy (non-hydrogen) atoms. The summed E-state index contributed by atoms with van der Waals surface area (Å²) < 4.78 is 0. The number of benzene rings is 2. The van der Waals surface area contributed by atoms with Gasteiger partial charge in [-0.3, -0.25) is 4.79 Å². The van der Waals surface area contributed by atoms with Gasteiger partial charge < -0.3 is 10.4 Å². The van der Waals surface area contributed by atoms with Crippen LogP contribution in [-0.2, 0) is 17.6 Å². The van der Waals surface area contributed by atoms with Crippen molar-refractivity contribution in [2.75, 3.05) is 5.32 Å². The summed E-state index contributed by atoms with van der Waals surface area (Å²) >= 11 is 0. The molecule has 1 aliphatic rings. The van der Waals surface area contributed by atoms with Gasteiger partial charge in [-0.1, -0.05) is 12.1 Å². The highest BCUT2D eigenvalue weighted by molar-refractivity contribution is 5.93. The average Bonchev–Trinajstić information content (AvgIpc) is 2.43. The quantitative estimate of drug-likeness (QED) is 0.885. The number of hydrogen-bond donors (Lipinski definition) is 2. The Morgan fingerprint density at radius 3 is 2.52 bits per heavy atom. The van der Waals surface area contributed by atoms with Crippen molar-refractivity contribution < 1.29 is 9.90 Å². The number of fused-ring (bicyclic) bond motifs is 1. The van der Waals surface area contributed by atoms with Gasteiger partial charge in [0.25, 0.3) is 0 Å². The molecule has 2 aromatic carbocycles. The Bertz CT molecular complexity index is 696. The molecule has 0 spiro atoms. The number of rotatable bonds is 2. The number of hydrogen-bond acceptors (Lipinski definition) is 2. The second-order valence-corrected chi connectivity index (χ2v) is 5.77. The number of aryl methyl sites for hydroxylation is 3. The molecule has 0 radical (unpaired) electrons. The topological polar surface area (TPSA) is 49.3 Å². The standard InChI is InChI=1S/C18H19NO2/c1-11-7-15(20)8-12(2)16(11)10-13-3-5-17-14(9-13)4-6-18(21)19-17/h3,5,7-9,20H,4,6,10H2,1-2H3,(H,19,21). The maximum atomic E-state index is 11.4. The third-order valence-electron chi connectivity index (χ3n) is 4.13. The fraction of sp³-hybridized carbons (Fsp3) is 0.278. The molecule has 2 N–H and O–H groups in total. The van der Waals surface area contributed by atoms with Gasteiger partial charge in [0.15, 0.2) is 0 Å². The van der Waals surface area contributed by atoms with Crippen LogP contribution >= 0.6 is 0 Å². The van der Waals surface area contributed by atoms with Crippen molar-refractivity contribution >= 4 is 11.6 Å². The van der Waals surface area contributed by atoms with Crippen LogP contribution in [-0.4, -0.2) is 11.0 Å². The number of carbonyl (C=O) groups is 1. The predicted molar refractivity (Wildman–Crippen MR) is 83.8 cm³/mol. The van der Waals surface area contributed by atoms with Crippen molar-refractivity contribution in [3.63, 3.8) is 0 Å². The van der Waals surface area contributed by atoms with Gasteiger partial charge in [-0.15, -0.1) is 0 Å². The van der Waals surface area contributed by atoms with Gasteiger partial charge in [0, 0.05) is 12.1 Å². The smallest absolute Gasteiger partial charge is 0.224 e. The SMILES string of the molecule is Cc1cc(O)cc(C)c1Cc1ccc2c(c1)CCC(=O)N2. The maximum absolute atomic E-state index is 11.4. The van der Waals surface area contributed by atoms with E-state index in [1.165, 1.54) is 16.7 Å². The van der Waals surface area contributed by atoms with Gasteiger partial charge in [0.05, 0.1) is 0 Å². The second kappa shape index (κ2) is 5.24. The molecule has 0 saturated heterocycles. The largest absolute Gasteiger partial charge is 0.508 e. The summed E-state index contributed by atoms with van der Waals surface area (Å²) in [4.78, 5) is 11.4. The number of carbonyl (C=O) groups excluding carboxylic acids is 1. The molecular weight excluding hydrogens is 262 g/mol. The lowest BCUT2D eigenvalue weighted by atomic mass is 9.93. The third kappa shape index (κ3) is 2.77. The molecule has 0 fully saturated rings. The van der Waals surface area contributed by atoms with Gasteiger partial charge >= 0.3 is 0 Å². The molecule has 1 amide bonds. The van der Waals surface area contributed by atoms with Crippen molar-refractivity contribution in [2.45, 2.75) is 33.1 Å². The van der Waals surface area contributed by atoms with Crippen LogP contribution in [0.2, 0.25) is 0 Å². The van der Waals surface area contributed by atoms with Gasteiger partial charge in [0.2, 0.25) is 5.91 Å². The normalized spacial score (nSPS) is 13.7. The maximum Gasteiger partial charge on any atom is 0.224 e. The zero-order valence-electron chi connectivity index (χ0n) is 12.4. The highest BCUT2D eigenvalue weighted by atomic mass is 16.3. The number of phenols is 1. The molecule has 3 nitrogen and oxygen atoms in total. The van der Waals surface area contributed by atoms with Crippen LogP contribution in [0.1, 0.15) is 34.2 Å². The summed E-state index contributed by atoms with van der Waals surface area (Å²) in [5.41, 5.74) is 6.86. The highest BCUT2D eigenvalue weighted by Gasteiger charge is 2.15. The molecule has 0 atom stereocenters. The summed E-state index contributed by atoms with van der Waals surface area (Å²) in [6.07, 6.45) is 2.22. The van der Waals surface area contributed by atoms with E-state index in [2.05, 4.69) is 17.4 Å². The van der Waals surface area contributed by atoms with E-state index in [0.29, 0.717) is 12.2 Å². The number of nitrogens with one attached hydrogen (secondary N) is 1. The molecule has 1 heterocycles. The summed E-state index contributed by atoms with van der Waals surface area (Å²) in [5, 5.41) is 12.5. The molecule has 1 aliphatic heterocycles. The van der Waals surface area contributed by atoms with Crippen LogP contribution in [0.25, 0.3) is 0 Å². The second-order valence-electron chi connectivity index (χ2n) is 5.77. The zero-order chi connectivity index (χ0) is 15.0. The molecule has 0 saturated carbocycles. The van der Waals surface area contributed by atoms with Crippen LogP contribution in [0, 0.1) is 13.8 Å². The Morgan fingerprint density at radius 1 is 1.10 bits per heavy atom. The van der Waals surface area contributed by atoms with Crippen molar-refractivity contribution in [2.24, 2.45) is 0 Å². The average molecular weight is 281 g/mol. The van der Waals surface area contributed by atoms with E-state index < -0.39 is 0 Å². The Labute approximate surface area is 124 Å². The van der Waals surface area contributed by atoms with Crippen molar-refractivity contribution in [3.05, 3.63) is 58.1 Å². The Morgan fingerprint density at radius 2 is 1.81 bits per heavy atom. The van der Waals surface area contributed by atoms with E-state index in [1.807, 2.05) is 19.9 Å².